The maximum absolute atomic E-state index is 13.0. The lowest BCUT2D eigenvalue weighted by Crippen LogP contribution is -2.10. The molecule has 1 aromatic carbocycles. The van der Waals surface area contributed by atoms with Crippen molar-refractivity contribution in [1.29, 1.82) is 0 Å². The summed E-state index contributed by atoms with van der Waals surface area (Å²) in [6.07, 6.45) is 1.82. The maximum Gasteiger partial charge on any atom is 0.411 e. The number of hydrogen-bond donors (Lipinski definition) is 3. The van der Waals surface area contributed by atoms with Crippen molar-refractivity contribution in [3.8, 4) is 22.5 Å². The normalized spacial score (nSPS) is 10.4. The van der Waals surface area contributed by atoms with Crippen molar-refractivity contribution >= 4 is 12.0 Å². The second-order valence-corrected chi connectivity index (χ2v) is 4.35. The lowest BCUT2D eigenvalue weighted by molar-refractivity contribution is 0.209. The van der Waals surface area contributed by atoms with Crippen molar-refractivity contribution in [2.24, 2.45) is 0 Å². The molecule has 0 saturated carbocycles. The molecule has 3 rings (SSSR count). The van der Waals surface area contributed by atoms with Crippen molar-refractivity contribution in [2.75, 3.05) is 5.32 Å². The average Bonchev–Trinajstić information content (AvgIpc) is 2.97. The van der Waals surface area contributed by atoms with Gasteiger partial charge < -0.3 is 5.11 Å². The Morgan fingerprint density at radius 1 is 1.23 bits per heavy atom. The van der Waals surface area contributed by atoms with E-state index in [4.69, 9.17) is 5.11 Å². The second kappa shape index (κ2) is 5.60. The fourth-order valence-electron chi connectivity index (χ4n) is 1.98. The summed E-state index contributed by atoms with van der Waals surface area (Å²) in [6.45, 7) is 0. The van der Waals surface area contributed by atoms with Gasteiger partial charge in [0, 0.05) is 23.5 Å². The summed E-state index contributed by atoms with van der Waals surface area (Å²) in [7, 11) is 0. The summed E-state index contributed by atoms with van der Waals surface area (Å²) in [4.78, 5) is 18.6. The summed E-state index contributed by atoms with van der Waals surface area (Å²) in [5.74, 6) is -0.368. The molecule has 0 spiro atoms. The van der Waals surface area contributed by atoms with Gasteiger partial charge in [0.25, 0.3) is 0 Å². The number of carbonyl (C=O) groups is 1. The zero-order valence-electron chi connectivity index (χ0n) is 11.1. The SMILES string of the molecule is O=C(O)Nc1nccc(-c2c[nH]nc2-c2ccc(F)cc2)n1. The Bertz CT molecular complexity index is 816. The number of H-pyrrole nitrogens is 1. The highest BCUT2D eigenvalue weighted by Crippen LogP contribution is 2.29. The summed E-state index contributed by atoms with van der Waals surface area (Å²) < 4.78 is 13.0. The Kier molecular flexibility index (Phi) is 3.48. The number of carboxylic acid groups (broad SMARTS) is 1. The molecular weight excluding hydrogens is 289 g/mol. The highest BCUT2D eigenvalue weighted by molar-refractivity contribution is 5.82. The van der Waals surface area contributed by atoms with Gasteiger partial charge in [0.1, 0.15) is 11.5 Å². The van der Waals surface area contributed by atoms with Crippen molar-refractivity contribution < 1.29 is 14.3 Å². The van der Waals surface area contributed by atoms with E-state index in [2.05, 4.69) is 25.5 Å². The molecule has 0 unspecified atom stereocenters. The van der Waals surface area contributed by atoms with Gasteiger partial charge in [-0.3, -0.25) is 10.4 Å². The number of amides is 1. The molecule has 22 heavy (non-hydrogen) atoms. The molecule has 2 aromatic heterocycles. The van der Waals surface area contributed by atoms with Gasteiger partial charge in [0.05, 0.1) is 5.69 Å². The molecule has 0 atom stereocenters. The summed E-state index contributed by atoms with van der Waals surface area (Å²) in [6, 6.07) is 7.51. The van der Waals surface area contributed by atoms with E-state index < -0.39 is 6.09 Å². The molecule has 8 heteroatoms. The monoisotopic (exact) mass is 299 g/mol. The molecule has 0 aliphatic heterocycles. The Labute approximate surface area is 123 Å². The molecule has 7 nitrogen and oxygen atoms in total. The summed E-state index contributed by atoms with van der Waals surface area (Å²) >= 11 is 0. The van der Waals surface area contributed by atoms with Crippen LogP contribution in [-0.4, -0.2) is 31.4 Å². The molecule has 0 radical (unpaired) electrons. The van der Waals surface area contributed by atoms with E-state index in [-0.39, 0.29) is 11.8 Å². The van der Waals surface area contributed by atoms with E-state index in [0.29, 0.717) is 22.5 Å². The van der Waals surface area contributed by atoms with Gasteiger partial charge in [-0.1, -0.05) is 0 Å². The van der Waals surface area contributed by atoms with Crippen LogP contribution in [0.1, 0.15) is 0 Å². The predicted octanol–water partition coefficient (Wildman–Crippen LogP) is 2.76. The zero-order chi connectivity index (χ0) is 15.5. The largest absolute Gasteiger partial charge is 0.465 e. The van der Waals surface area contributed by atoms with Crippen LogP contribution >= 0.6 is 0 Å². The molecule has 0 aliphatic rings. The van der Waals surface area contributed by atoms with Crippen LogP contribution in [0.3, 0.4) is 0 Å². The molecule has 2 heterocycles. The fourth-order valence-corrected chi connectivity index (χ4v) is 1.98. The molecule has 0 saturated heterocycles. The fraction of sp³-hybridized carbons (Fsp3) is 0. The quantitative estimate of drug-likeness (QED) is 0.690. The zero-order valence-corrected chi connectivity index (χ0v) is 11.1. The molecule has 0 bridgehead atoms. The predicted molar refractivity (Wildman–Crippen MR) is 76.7 cm³/mol. The Morgan fingerprint density at radius 3 is 2.73 bits per heavy atom. The highest BCUT2D eigenvalue weighted by atomic mass is 19.1. The van der Waals surface area contributed by atoms with Crippen LogP contribution in [-0.2, 0) is 0 Å². The van der Waals surface area contributed by atoms with Crippen molar-refractivity contribution in [2.45, 2.75) is 0 Å². The molecule has 110 valence electrons. The minimum Gasteiger partial charge on any atom is -0.465 e. The Hall–Kier alpha value is -3.29. The number of aromatic amines is 1. The number of hydrogen-bond acceptors (Lipinski definition) is 4. The molecular formula is C14H10FN5O2. The number of halogens is 1. The summed E-state index contributed by atoms with van der Waals surface area (Å²) in [5, 5.41) is 17.7. The maximum atomic E-state index is 13.0. The lowest BCUT2D eigenvalue weighted by atomic mass is 10.1. The Morgan fingerprint density at radius 2 is 2.00 bits per heavy atom. The minimum atomic E-state index is -1.25. The third-order valence-corrected chi connectivity index (χ3v) is 2.91. The van der Waals surface area contributed by atoms with Crippen LogP contribution in [0, 0.1) is 5.82 Å². The molecule has 0 fully saturated rings. The topological polar surface area (TPSA) is 104 Å². The number of benzene rings is 1. The first-order valence-electron chi connectivity index (χ1n) is 6.26. The number of rotatable bonds is 3. The van der Waals surface area contributed by atoms with Crippen LogP contribution < -0.4 is 5.32 Å². The highest BCUT2D eigenvalue weighted by Gasteiger charge is 2.13. The number of nitrogens with one attached hydrogen (secondary N) is 2. The van der Waals surface area contributed by atoms with Gasteiger partial charge in [-0.15, -0.1) is 0 Å². The first-order valence-corrected chi connectivity index (χ1v) is 6.26. The number of nitrogens with zero attached hydrogens (tertiary/aromatic N) is 3. The van der Waals surface area contributed by atoms with Gasteiger partial charge in [-0.05, 0) is 30.3 Å². The third-order valence-electron chi connectivity index (χ3n) is 2.91. The molecule has 3 N–H and O–H groups in total. The van der Waals surface area contributed by atoms with E-state index in [1.807, 2.05) is 0 Å². The number of anilines is 1. The number of aromatic nitrogens is 4. The third kappa shape index (κ3) is 2.75. The van der Waals surface area contributed by atoms with Gasteiger partial charge >= 0.3 is 6.09 Å². The van der Waals surface area contributed by atoms with E-state index in [1.54, 1.807) is 24.4 Å². The summed E-state index contributed by atoms with van der Waals surface area (Å²) in [5.41, 5.74) is 2.44. The van der Waals surface area contributed by atoms with E-state index in [1.165, 1.54) is 18.3 Å². The van der Waals surface area contributed by atoms with E-state index >= 15 is 0 Å². The minimum absolute atomic E-state index is 0.0312. The molecule has 0 aliphatic carbocycles. The van der Waals surface area contributed by atoms with Crippen molar-refractivity contribution in [3.05, 3.63) is 48.5 Å². The van der Waals surface area contributed by atoms with E-state index in [9.17, 15) is 9.18 Å². The van der Waals surface area contributed by atoms with Crippen molar-refractivity contribution in [1.82, 2.24) is 20.2 Å². The standard InChI is InChI=1S/C14H10FN5O2/c15-9-3-1-8(2-4-9)12-10(7-17-20-12)11-5-6-16-13(18-11)19-14(21)22/h1-7H,(H,17,20)(H,21,22)(H,16,18,19). The Balaban J connectivity index is 2.01. The van der Waals surface area contributed by atoms with Gasteiger partial charge in [-0.25, -0.2) is 19.2 Å². The van der Waals surface area contributed by atoms with Crippen LogP contribution in [0.2, 0.25) is 0 Å². The van der Waals surface area contributed by atoms with Crippen LogP contribution in [0.4, 0.5) is 15.1 Å². The first kappa shape index (κ1) is 13.7. The van der Waals surface area contributed by atoms with Crippen molar-refractivity contribution in [3.63, 3.8) is 0 Å². The van der Waals surface area contributed by atoms with Gasteiger partial charge in [0.15, 0.2) is 0 Å². The lowest BCUT2D eigenvalue weighted by Gasteiger charge is -2.04. The van der Waals surface area contributed by atoms with Crippen LogP contribution in [0.25, 0.3) is 22.5 Å². The van der Waals surface area contributed by atoms with Gasteiger partial charge in [-0.2, -0.15) is 5.10 Å². The molecule has 1 amide bonds. The second-order valence-electron chi connectivity index (χ2n) is 4.35. The van der Waals surface area contributed by atoms with Gasteiger partial charge in [0.2, 0.25) is 5.95 Å². The molecule has 3 aromatic rings. The first-order chi connectivity index (χ1) is 10.6. The van der Waals surface area contributed by atoms with Crippen LogP contribution in [0.5, 0.6) is 0 Å². The average molecular weight is 299 g/mol. The smallest absolute Gasteiger partial charge is 0.411 e. The van der Waals surface area contributed by atoms with E-state index in [0.717, 1.165) is 0 Å². The van der Waals surface area contributed by atoms with Crippen LogP contribution in [0.15, 0.2) is 42.7 Å².